The van der Waals surface area contributed by atoms with Crippen molar-refractivity contribution in [2.45, 2.75) is 0 Å². The van der Waals surface area contributed by atoms with E-state index >= 15 is 0 Å². The SMILES string of the molecule is O=C1NC(=O)C(N2CCOCC2)=C1c1c[nH]c2ccccc12. The summed E-state index contributed by atoms with van der Waals surface area (Å²) in [5.41, 5.74) is 2.61. The van der Waals surface area contributed by atoms with Crippen LogP contribution in [-0.4, -0.2) is 48.0 Å². The van der Waals surface area contributed by atoms with Crippen LogP contribution in [0.5, 0.6) is 0 Å². The van der Waals surface area contributed by atoms with Gasteiger partial charge in [-0.3, -0.25) is 14.9 Å². The van der Waals surface area contributed by atoms with Crippen LogP contribution in [0.2, 0.25) is 0 Å². The first-order chi connectivity index (χ1) is 10.8. The number of hydrogen-bond acceptors (Lipinski definition) is 4. The molecule has 0 spiro atoms. The first-order valence-corrected chi connectivity index (χ1v) is 7.25. The zero-order valence-corrected chi connectivity index (χ0v) is 11.9. The van der Waals surface area contributed by atoms with Gasteiger partial charge in [0.25, 0.3) is 11.8 Å². The van der Waals surface area contributed by atoms with Gasteiger partial charge in [-0.05, 0) is 6.07 Å². The highest BCUT2D eigenvalue weighted by Crippen LogP contribution is 2.31. The van der Waals surface area contributed by atoms with Crippen LogP contribution in [0.25, 0.3) is 16.5 Å². The molecule has 0 bridgehead atoms. The van der Waals surface area contributed by atoms with Gasteiger partial charge in [-0.2, -0.15) is 0 Å². The number of H-pyrrole nitrogens is 1. The molecule has 4 rings (SSSR count). The summed E-state index contributed by atoms with van der Waals surface area (Å²) in [6.07, 6.45) is 1.79. The number of fused-ring (bicyclic) bond motifs is 1. The zero-order chi connectivity index (χ0) is 15.1. The summed E-state index contributed by atoms with van der Waals surface area (Å²) < 4.78 is 5.33. The van der Waals surface area contributed by atoms with Crippen LogP contribution in [0.3, 0.4) is 0 Å². The number of carbonyl (C=O) groups is 2. The van der Waals surface area contributed by atoms with Gasteiger partial charge in [0.2, 0.25) is 0 Å². The molecule has 1 aromatic carbocycles. The Kier molecular flexibility index (Phi) is 2.97. The van der Waals surface area contributed by atoms with E-state index in [9.17, 15) is 9.59 Å². The molecule has 0 radical (unpaired) electrons. The molecule has 6 heteroatoms. The van der Waals surface area contributed by atoms with Gasteiger partial charge in [-0.15, -0.1) is 0 Å². The smallest absolute Gasteiger partial charge is 0.275 e. The fourth-order valence-corrected chi connectivity index (χ4v) is 3.06. The van der Waals surface area contributed by atoms with E-state index in [1.807, 2.05) is 29.2 Å². The minimum Gasteiger partial charge on any atom is -0.378 e. The van der Waals surface area contributed by atoms with Gasteiger partial charge < -0.3 is 14.6 Å². The first-order valence-electron chi connectivity index (χ1n) is 7.25. The third kappa shape index (κ3) is 1.92. The summed E-state index contributed by atoms with van der Waals surface area (Å²) in [7, 11) is 0. The molecular weight excluding hydrogens is 282 g/mol. The van der Waals surface area contributed by atoms with Crippen molar-refractivity contribution < 1.29 is 14.3 Å². The monoisotopic (exact) mass is 297 g/mol. The standard InChI is InChI=1S/C16H15N3O3/c20-15-13(11-9-17-12-4-2-1-3-10(11)12)14(16(21)18-15)19-5-7-22-8-6-19/h1-4,9,17H,5-8H2,(H,18,20,21). The first kappa shape index (κ1) is 13.1. The van der Waals surface area contributed by atoms with Crippen molar-refractivity contribution in [1.29, 1.82) is 0 Å². The van der Waals surface area contributed by atoms with Crippen molar-refractivity contribution >= 4 is 28.3 Å². The van der Waals surface area contributed by atoms with Gasteiger partial charge in [-0.1, -0.05) is 18.2 Å². The molecule has 0 atom stereocenters. The number of aromatic amines is 1. The number of morpholine rings is 1. The van der Waals surface area contributed by atoms with E-state index in [4.69, 9.17) is 4.74 Å². The zero-order valence-electron chi connectivity index (χ0n) is 11.9. The Bertz CT molecular complexity index is 800. The summed E-state index contributed by atoms with van der Waals surface area (Å²) in [5, 5.41) is 3.36. The number of ether oxygens (including phenoxy) is 1. The second-order valence-corrected chi connectivity index (χ2v) is 5.35. The van der Waals surface area contributed by atoms with Gasteiger partial charge in [0.1, 0.15) is 5.70 Å². The fourth-order valence-electron chi connectivity index (χ4n) is 3.06. The normalized spacial score (nSPS) is 19.2. The van der Waals surface area contributed by atoms with Gasteiger partial charge in [0, 0.05) is 35.8 Å². The molecule has 3 heterocycles. The van der Waals surface area contributed by atoms with Crippen molar-refractivity contribution in [1.82, 2.24) is 15.2 Å². The third-order valence-corrected chi connectivity index (χ3v) is 4.09. The lowest BCUT2D eigenvalue weighted by atomic mass is 10.0. The second kappa shape index (κ2) is 4.99. The van der Waals surface area contributed by atoms with E-state index in [2.05, 4.69) is 10.3 Å². The number of aromatic nitrogens is 1. The quantitative estimate of drug-likeness (QED) is 0.807. The van der Waals surface area contributed by atoms with E-state index in [0.29, 0.717) is 37.6 Å². The van der Waals surface area contributed by atoms with Crippen LogP contribution in [0.4, 0.5) is 0 Å². The molecule has 0 aliphatic carbocycles. The van der Waals surface area contributed by atoms with E-state index in [0.717, 1.165) is 16.5 Å². The average molecular weight is 297 g/mol. The lowest BCUT2D eigenvalue weighted by Gasteiger charge is -2.29. The molecule has 1 fully saturated rings. The van der Waals surface area contributed by atoms with Crippen LogP contribution >= 0.6 is 0 Å². The summed E-state index contributed by atoms with van der Waals surface area (Å²) in [6, 6.07) is 7.74. The number of amides is 2. The number of rotatable bonds is 2. The molecular formula is C16H15N3O3. The Balaban J connectivity index is 1.90. The largest absolute Gasteiger partial charge is 0.378 e. The van der Waals surface area contributed by atoms with Crippen molar-refractivity contribution in [2.75, 3.05) is 26.3 Å². The number of carbonyl (C=O) groups excluding carboxylic acids is 2. The van der Waals surface area contributed by atoms with Crippen molar-refractivity contribution in [2.24, 2.45) is 0 Å². The van der Waals surface area contributed by atoms with E-state index in [1.165, 1.54) is 0 Å². The molecule has 0 saturated carbocycles. The molecule has 0 unspecified atom stereocenters. The van der Waals surface area contributed by atoms with Crippen molar-refractivity contribution in [3.63, 3.8) is 0 Å². The number of nitrogens with zero attached hydrogens (tertiary/aromatic N) is 1. The Morgan fingerprint density at radius 2 is 1.82 bits per heavy atom. The predicted octanol–water partition coefficient (Wildman–Crippen LogP) is 0.868. The molecule has 1 aromatic heterocycles. The number of imide groups is 1. The maximum Gasteiger partial charge on any atom is 0.275 e. The molecule has 2 aliphatic rings. The van der Waals surface area contributed by atoms with E-state index in [-0.39, 0.29) is 11.8 Å². The van der Waals surface area contributed by atoms with Gasteiger partial charge in [0.15, 0.2) is 0 Å². The lowest BCUT2D eigenvalue weighted by molar-refractivity contribution is -0.124. The summed E-state index contributed by atoms with van der Waals surface area (Å²) in [6.45, 7) is 2.35. The molecule has 22 heavy (non-hydrogen) atoms. The van der Waals surface area contributed by atoms with Crippen molar-refractivity contribution in [3.8, 4) is 0 Å². The highest BCUT2D eigenvalue weighted by Gasteiger charge is 2.36. The van der Waals surface area contributed by atoms with Crippen LogP contribution in [0, 0.1) is 0 Å². The third-order valence-electron chi connectivity index (χ3n) is 4.09. The van der Waals surface area contributed by atoms with Gasteiger partial charge >= 0.3 is 0 Å². The molecule has 2 aliphatic heterocycles. The van der Waals surface area contributed by atoms with Crippen LogP contribution < -0.4 is 5.32 Å². The molecule has 2 aromatic rings. The van der Waals surface area contributed by atoms with Crippen LogP contribution in [0.15, 0.2) is 36.2 Å². The number of benzene rings is 1. The molecule has 112 valence electrons. The maximum absolute atomic E-state index is 12.3. The Hall–Kier alpha value is -2.60. The number of para-hydroxylation sites is 1. The maximum atomic E-state index is 12.3. The highest BCUT2D eigenvalue weighted by atomic mass is 16.5. The van der Waals surface area contributed by atoms with Gasteiger partial charge in [0.05, 0.1) is 18.8 Å². The second-order valence-electron chi connectivity index (χ2n) is 5.35. The molecule has 1 saturated heterocycles. The highest BCUT2D eigenvalue weighted by molar-refractivity contribution is 6.37. The van der Waals surface area contributed by atoms with E-state index in [1.54, 1.807) is 6.20 Å². The topological polar surface area (TPSA) is 74.4 Å². The summed E-state index contributed by atoms with van der Waals surface area (Å²) >= 11 is 0. The predicted molar refractivity (Wildman–Crippen MR) is 80.8 cm³/mol. The fraction of sp³-hybridized carbons (Fsp3) is 0.250. The Labute approximate surface area is 126 Å². The molecule has 6 nitrogen and oxygen atoms in total. The average Bonchev–Trinajstić information content (AvgIpc) is 3.08. The van der Waals surface area contributed by atoms with E-state index < -0.39 is 0 Å². The van der Waals surface area contributed by atoms with Crippen LogP contribution in [-0.2, 0) is 14.3 Å². The molecule has 2 amide bonds. The minimum atomic E-state index is -0.337. The van der Waals surface area contributed by atoms with Gasteiger partial charge in [-0.25, -0.2) is 0 Å². The summed E-state index contributed by atoms with van der Waals surface area (Å²) in [4.78, 5) is 29.6. The molecule has 2 N–H and O–H groups in total. The van der Waals surface area contributed by atoms with Crippen LogP contribution in [0.1, 0.15) is 5.56 Å². The lowest BCUT2D eigenvalue weighted by Crippen LogP contribution is -2.39. The number of nitrogens with one attached hydrogen (secondary N) is 2. The Morgan fingerprint density at radius 1 is 1.05 bits per heavy atom. The summed E-state index contributed by atoms with van der Waals surface area (Å²) in [5.74, 6) is -0.663. The van der Waals surface area contributed by atoms with Crippen molar-refractivity contribution in [3.05, 3.63) is 41.7 Å². The minimum absolute atomic E-state index is 0.327. The number of hydrogen-bond donors (Lipinski definition) is 2. The Morgan fingerprint density at radius 3 is 2.64 bits per heavy atom.